The molecule has 0 aromatic heterocycles. The van der Waals surface area contributed by atoms with E-state index in [1.165, 1.54) is 11.8 Å². The quantitative estimate of drug-likeness (QED) is 0.279. The average molecular weight is 523 g/mol. The van der Waals surface area contributed by atoms with Crippen LogP contribution < -0.4 is 10.1 Å². The molecule has 1 fully saturated rings. The number of benzene rings is 3. The van der Waals surface area contributed by atoms with Crippen LogP contribution in [0, 0.1) is 6.92 Å². The number of halogens is 1. The van der Waals surface area contributed by atoms with E-state index in [1.54, 1.807) is 35.2 Å². The van der Waals surface area contributed by atoms with E-state index in [-0.39, 0.29) is 24.5 Å². The molecule has 5 nitrogen and oxygen atoms in total. The summed E-state index contributed by atoms with van der Waals surface area (Å²) in [6.45, 7) is 3.70. The molecule has 4 rings (SSSR count). The molecule has 2 amide bonds. The van der Waals surface area contributed by atoms with Crippen molar-refractivity contribution in [3.8, 4) is 5.75 Å². The highest BCUT2D eigenvalue weighted by atomic mass is 35.5. The Morgan fingerprint density at radius 1 is 1.14 bits per heavy atom. The zero-order valence-corrected chi connectivity index (χ0v) is 21.5. The second-order valence-corrected chi connectivity index (χ2v) is 10.1. The molecule has 0 saturated carbocycles. The summed E-state index contributed by atoms with van der Waals surface area (Å²) >= 11 is 12.9. The van der Waals surface area contributed by atoms with Crippen LogP contribution in [0.15, 0.2) is 77.7 Å². The lowest BCUT2D eigenvalue weighted by molar-refractivity contribution is -0.123. The SMILES string of the molecule is Cc1ccc(NC(=O)COc2cccc(/C=C3\SC(=S)N([C@@H](C)c4ccccc4)C3=O)c2)cc1Cl. The summed E-state index contributed by atoms with van der Waals surface area (Å²) in [6, 6.07) is 22.2. The van der Waals surface area contributed by atoms with Crippen molar-refractivity contribution in [2.75, 3.05) is 11.9 Å². The van der Waals surface area contributed by atoms with E-state index in [0.717, 1.165) is 16.7 Å². The van der Waals surface area contributed by atoms with Crippen molar-refractivity contribution < 1.29 is 14.3 Å². The maximum atomic E-state index is 13.1. The second-order valence-electron chi connectivity index (χ2n) is 8.01. The van der Waals surface area contributed by atoms with Crippen LogP contribution in [0.2, 0.25) is 5.02 Å². The van der Waals surface area contributed by atoms with Crippen LogP contribution in [-0.4, -0.2) is 27.6 Å². The number of ether oxygens (including phenoxy) is 1. The summed E-state index contributed by atoms with van der Waals surface area (Å²) in [5.41, 5.74) is 3.34. The van der Waals surface area contributed by atoms with E-state index in [4.69, 9.17) is 28.6 Å². The Kier molecular flexibility index (Phi) is 7.90. The molecule has 1 N–H and O–H groups in total. The number of nitrogens with one attached hydrogen (secondary N) is 1. The van der Waals surface area contributed by atoms with Gasteiger partial charge in [0, 0.05) is 10.7 Å². The Balaban J connectivity index is 1.40. The normalized spacial score (nSPS) is 15.4. The molecule has 0 radical (unpaired) electrons. The van der Waals surface area contributed by atoms with Crippen LogP contribution in [0.1, 0.15) is 29.7 Å². The molecule has 1 aliphatic rings. The van der Waals surface area contributed by atoms with E-state index in [9.17, 15) is 9.59 Å². The standard InChI is InChI=1S/C27H23ClN2O3S2/c1-17-11-12-21(15-23(17)28)29-25(31)16-33-22-10-6-7-19(13-22)14-24-26(32)30(27(34)35-24)18(2)20-8-4-3-5-9-20/h3-15,18H,16H2,1-2H3,(H,29,31)/b24-14-/t18-/m0/s1. The van der Waals surface area contributed by atoms with Gasteiger partial charge in [0.05, 0.1) is 10.9 Å². The Morgan fingerprint density at radius 2 is 1.91 bits per heavy atom. The number of rotatable bonds is 7. The van der Waals surface area contributed by atoms with E-state index in [1.807, 2.05) is 62.4 Å². The highest BCUT2D eigenvalue weighted by Gasteiger charge is 2.35. The van der Waals surface area contributed by atoms with Gasteiger partial charge in [-0.25, -0.2) is 0 Å². The van der Waals surface area contributed by atoms with Gasteiger partial charge in [-0.1, -0.05) is 84.1 Å². The van der Waals surface area contributed by atoms with Gasteiger partial charge < -0.3 is 10.1 Å². The van der Waals surface area contributed by atoms with Crippen LogP contribution in [0.3, 0.4) is 0 Å². The minimum Gasteiger partial charge on any atom is -0.484 e. The summed E-state index contributed by atoms with van der Waals surface area (Å²) < 4.78 is 6.19. The molecule has 3 aromatic carbocycles. The lowest BCUT2D eigenvalue weighted by Crippen LogP contribution is -2.30. The maximum Gasteiger partial charge on any atom is 0.266 e. The van der Waals surface area contributed by atoms with Crippen LogP contribution >= 0.6 is 35.6 Å². The number of hydrogen-bond acceptors (Lipinski definition) is 5. The monoisotopic (exact) mass is 522 g/mol. The fraction of sp³-hybridized carbons (Fsp3) is 0.148. The van der Waals surface area contributed by atoms with Gasteiger partial charge in [-0.2, -0.15) is 0 Å². The van der Waals surface area contributed by atoms with Crippen LogP contribution in [0.4, 0.5) is 5.69 Å². The molecule has 3 aromatic rings. The third kappa shape index (κ3) is 6.11. The lowest BCUT2D eigenvalue weighted by atomic mass is 10.1. The third-order valence-corrected chi connectivity index (χ3v) is 7.21. The molecule has 1 heterocycles. The number of thiocarbonyl (C=S) groups is 1. The zero-order chi connectivity index (χ0) is 24.9. The second kappa shape index (κ2) is 11.1. The summed E-state index contributed by atoms with van der Waals surface area (Å²) in [5.74, 6) is 0.0916. The fourth-order valence-corrected chi connectivity index (χ4v) is 5.16. The number of carbonyl (C=O) groups excluding carboxylic acids is 2. The van der Waals surface area contributed by atoms with Crippen molar-refractivity contribution in [2.24, 2.45) is 0 Å². The molecule has 0 aliphatic carbocycles. The number of amides is 2. The molecule has 0 spiro atoms. The maximum absolute atomic E-state index is 13.1. The number of thioether (sulfide) groups is 1. The summed E-state index contributed by atoms with van der Waals surface area (Å²) in [5, 5.41) is 3.35. The molecule has 0 bridgehead atoms. The first kappa shape index (κ1) is 25.0. The summed E-state index contributed by atoms with van der Waals surface area (Å²) in [7, 11) is 0. The number of hydrogen-bond donors (Lipinski definition) is 1. The van der Waals surface area contributed by atoms with Crippen molar-refractivity contribution in [3.63, 3.8) is 0 Å². The highest BCUT2D eigenvalue weighted by Crippen LogP contribution is 2.38. The number of nitrogens with zero attached hydrogens (tertiary/aromatic N) is 1. The average Bonchev–Trinajstić information content (AvgIpc) is 3.13. The first-order valence-electron chi connectivity index (χ1n) is 10.9. The van der Waals surface area contributed by atoms with Gasteiger partial charge >= 0.3 is 0 Å². The Morgan fingerprint density at radius 3 is 2.66 bits per heavy atom. The van der Waals surface area contributed by atoms with Gasteiger partial charge in [-0.05, 0) is 60.9 Å². The van der Waals surface area contributed by atoms with Crippen molar-refractivity contribution in [1.82, 2.24) is 4.90 Å². The van der Waals surface area contributed by atoms with Crippen molar-refractivity contribution in [3.05, 3.63) is 99.4 Å². The van der Waals surface area contributed by atoms with Gasteiger partial charge in [0.15, 0.2) is 6.61 Å². The number of anilines is 1. The molecule has 35 heavy (non-hydrogen) atoms. The third-order valence-electron chi connectivity index (χ3n) is 5.47. The van der Waals surface area contributed by atoms with Crippen LogP contribution in [-0.2, 0) is 9.59 Å². The minimum atomic E-state index is -0.300. The van der Waals surface area contributed by atoms with E-state index in [0.29, 0.717) is 25.7 Å². The van der Waals surface area contributed by atoms with Gasteiger partial charge in [0.2, 0.25) is 0 Å². The van der Waals surface area contributed by atoms with Gasteiger partial charge in [-0.15, -0.1) is 0 Å². The first-order chi connectivity index (χ1) is 16.8. The molecular formula is C27H23ClN2O3S2. The van der Waals surface area contributed by atoms with E-state index in [2.05, 4.69) is 5.32 Å². The van der Waals surface area contributed by atoms with Gasteiger partial charge in [-0.3, -0.25) is 14.5 Å². The Labute approximate surface area is 219 Å². The number of aryl methyl sites for hydroxylation is 1. The molecule has 0 unspecified atom stereocenters. The topological polar surface area (TPSA) is 58.6 Å². The van der Waals surface area contributed by atoms with Crippen LogP contribution in [0.25, 0.3) is 6.08 Å². The summed E-state index contributed by atoms with van der Waals surface area (Å²) in [6.07, 6.45) is 1.79. The van der Waals surface area contributed by atoms with Gasteiger partial charge in [0.25, 0.3) is 11.8 Å². The molecule has 8 heteroatoms. The number of carbonyl (C=O) groups is 2. The first-order valence-corrected chi connectivity index (χ1v) is 12.5. The fourth-order valence-electron chi connectivity index (χ4n) is 3.56. The molecular weight excluding hydrogens is 500 g/mol. The molecule has 1 saturated heterocycles. The molecule has 1 atom stereocenters. The highest BCUT2D eigenvalue weighted by molar-refractivity contribution is 8.26. The smallest absolute Gasteiger partial charge is 0.266 e. The minimum absolute atomic E-state index is 0.126. The predicted octanol–water partition coefficient (Wildman–Crippen LogP) is 6.63. The Bertz CT molecular complexity index is 1310. The summed E-state index contributed by atoms with van der Waals surface area (Å²) in [4.78, 5) is 27.6. The van der Waals surface area contributed by atoms with Crippen molar-refractivity contribution in [2.45, 2.75) is 19.9 Å². The van der Waals surface area contributed by atoms with Crippen molar-refractivity contribution >= 4 is 63.5 Å². The molecule has 1 aliphatic heterocycles. The van der Waals surface area contributed by atoms with Crippen molar-refractivity contribution in [1.29, 1.82) is 0 Å². The lowest BCUT2D eigenvalue weighted by Gasteiger charge is -2.23. The largest absolute Gasteiger partial charge is 0.484 e. The Hall–Kier alpha value is -3.13. The molecule has 178 valence electrons. The van der Waals surface area contributed by atoms with E-state index >= 15 is 0 Å². The van der Waals surface area contributed by atoms with Crippen LogP contribution in [0.5, 0.6) is 5.75 Å². The zero-order valence-electron chi connectivity index (χ0n) is 19.2. The van der Waals surface area contributed by atoms with E-state index < -0.39 is 0 Å². The van der Waals surface area contributed by atoms with Gasteiger partial charge in [0.1, 0.15) is 10.1 Å². The predicted molar refractivity (Wildman–Crippen MR) is 147 cm³/mol.